The Morgan fingerprint density at radius 2 is 1.78 bits per heavy atom. The molecule has 1 unspecified atom stereocenters. The Bertz CT molecular complexity index is 1530. The number of ether oxygens (including phenoxy) is 2. The maximum Gasteiger partial charge on any atom is 0.339 e. The Hall–Kier alpha value is -4.08. The van der Waals surface area contributed by atoms with E-state index in [-0.39, 0.29) is 0 Å². The lowest BCUT2D eigenvalue weighted by atomic mass is 10.1. The summed E-state index contributed by atoms with van der Waals surface area (Å²) in [6.07, 6.45) is -1.02. The third-order valence-corrected chi connectivity index (χ3v) is 7.25. The summed E-state index contributed by atoms with van der Waals surface area (Å²) in [5.41, 5.74) is 3.47. The molecule has 0 spiro atoms. The predicted octanol–water partition coefficient (Wildman–Crippen LogP) is 6.28. The second-order valence-corrected chi connectivity index (χ2v) is 9.73. The van der Waals surface area contributed by atoms with Crippen molar-refractivity contribution in [2.75, 3.05) is 12.4 Å². The summed E-state index contributed by atoms with van der Waals surface area (Å²) in [5.74, 6) is -0.339. The number of amides is 1. The monoisotopic (exact) mass is 515 g/mol. The van der Waals surface area contributed by atoms with Crippen LogP contribution in [0.4, 0.5) is 5.13 Å². The van der Waals surface area contributed by atoms with Crippen molar-refractivity contribution in [1.29, 1.82) is 0 Å². The number of fused-ring (bicyclic) bond motifs is 1. The molecule has 0 fully saturated rings. The van der Waals surface area contributed by atoms with E-state index >= 15 is 0 Å². The zero-order valence-electron chi connectivity index (χ0n) is 19.4. The Kier molecular flexibility index (Phi) is 6.75. The smallest absolute Gasteiger partial charge is 0.339 e. The number of carbonyl (C=O) groups is 2. The first-order chi connectivity index (χ1) is 17.5. The number of hydrogen-bond donors (Lipinski definition) is 1. The number of nitrogens with one attached hydrogen (secondary N) is 1. The number of hydrogen-bond acceptors (Lipinski definition) is 8. The van der Waals surface area contributed by atoms with Crippen LogP contribution < -0.4 is 10.1 Å². The van der Waals surface area contributed by atoms with Gasteiger partial charge in [-0.25, -0.2) is 14.8 Å². The van der Waals surface area contributed by atoms with Crippen LogP contribution in [-0.4, -0.2) is 35.1 Å². The van der Waals surface area contributed by atoms with Gasteiger partial charge in [-0.15, -0.1) is 22.7 Å². The highest BCUT2D eigenvalue weighted by molar-refractivity contribution is 7.21. The van der Waals surface area contributed by atoms with Gasteiger partial charge in [-0.1, -0.05) is 42.5 Å². The first kappa shape index (κ1) is 23.7. The molecule has 0 aliphatic rings. The number of carbonyl (C=O) groups excluding carboxylic acids is 2. The molecule has 2 aromatic heterocycles. The van der Waals surface area contributed by atoms with Crippen LogP contribution in [0.3, 0.4) is 0 Å². The molecule has 5 aromatic rings. The Labute approximate surface area is 215 Å². The third kappa shape index (κ3) is 4.98. The molecule has 5 rings (SSSR count). The Morgan fingerprint density at radius 1 is 0.972 bits per heavy atom. The molecule has 0 saturated heterocycles. The molecule has 0 saturated carbocycles. The number of esters is 1. The number of thiazole rings is 2. The van der Waals surface area contributed by atoms with E-state index in [1.807, 2.05) is 66.0 Å². The SMILES string of the molecule is COc1cccc(-c2csc(NC(=O)C(C)OC(=O)c3ccccc3-c3nc4ccccc4s3)n2)c1. The van der Waals surface area contributed by atoms with Gasteiger partial charge in [0.2, 0.25) is 0 Å². The van der Waals surface area contributed by atoms with Gasteiger partial charge in [0, 0.05) is 16.5 Å². The van der Waals surface area contributed by atoms with Gasteiger partial charge in [0.1, 0.15) is 10.8 Å². The van der Waals surface area contributed by atoms with Crippen LogP contribution in [0.1, 0.15) is 17.3 Å². The maximum absolute atomic E-state index is 13.0. The van der Waals surface area contributed by atoms with E-state index in [0.717, 1.165) is 21.5 Å². The quantitative estimate of drug-likeness (QED) is 0.257. The van der Waals surface area contributed by atoms with Crippen molar-refractivity contribution in [2.24, 2.45) is 0 Å². The minimum Gasteiger partial charge on any atom is -0.497 e. The Morgan fingerprint density at radius 3 is 2.61 bits per heavy atom. The summed E-state index contributed by atoms with van der Waals surface area (Å²) < 4.78 is 11.8. The molecule has 0 bridgehead atoms. The average Bonchev–Trinajstić information content (AvgIpc) is 3.56. The van der Waals surface area contributed by atoms with Crippen molar-refractivity contribution < 1.29 is 19.1 Å². The van der Waals surface area contributed by atoms with Crippen molar-refractivity contribution in [1.82, 2.24) is 9.97 Å². The van der Waals surface area contributed by atoms with Crippen molar-refractivity contribution in [3.05, 3.63) is 83.7 Å². The van der Waals surface area contributed by atoms with E-state index in [0.29, 0.717) is 27.0 Å². The fraction of sp³-hybridized carbons (Fsp3) is 0.111. The lowest BCUT2D eigenvalue weighted by Crippen LogP contribution is -2.30. The molecule has 180 valence electrons. The summed E-state index contributed by atoms with van der Waals surface area (Å²) in [7, 11) is 1.60. The van der Waals surface area contributed by atoms with Crippen LogP contribution in [0.2, 0.25) is 0 Å². The normalized spacial score (nSPS) is 11.7. The molecular formula is C27H21N3O4S2. The van der Waals surface area contributed by atoms with Gasteiger partial charge >= 0.3 is 5.97 Å². The second-order valence-electron chi connectivity index (χ2n) is 7.84. The first-order valence-corrected chi connectivity index (χ1v) is 12.8. The van der Waals surface area contributed by atoms with Gasteiger partial charge in [0.15, 0.2) is 11.2 Å². The largest absolute Gasteiger partial charge is 0.497 e. The van der Waals surface area contributed by atoms with Gasteiger partial charge in [0.05, 0.1) is 28.6 Å². The minimum atomic E-state index is -1.02. The van der Waals surface area contributed by atoms with E-state index in [1.165, 1.54) is 29.6 Å². The molecule has 3 aromatic carbocycles. The molecule has 36 heavy (non-hydrogen) atoms. The van der Waals surface area contributed by atoms with Gasteiger partial charge in [-0.2, -0.15) is 0 Å². The fourth-order valence-corrected chi connectivity index (χ4v) is 5.29. The molecule has 2 heterocycles. The highest BCUT2D eigenvalue weighted by atomic mass is 32.1. The van der Waals surface area contributed by atoms with Gasteiger partial charge in [-0.05, 0) is 37.3 Å². The molecule has 1 amide bonds. The second kappa shape index (κ2) is 10.3. The van der Waals surface area contributed by atoms with Crippen molar-refractivity contribution in [3.8, 4) is 27.6 Å². The van der Waals surface area contributed by atoms with E-state index in [9.17, 15) is 9.59 Å². The number of para-hydroxylation sites is 1. The molecule has 1 atom stereocenters. The number of rotatable bonds is 7. The molecule has 0 aliphatic carbocycles. The lowest BCUT2D eigenvalue weighted by Gasteiger charge is -2.13. The third-order valence-electron chi connectivity index (χ3n) is 5.42. The summed E-state index contributed by atoms with van der Waals surface area (Å²) in [5, 5.41) is 5.70. The summed E-state index contributed by atoms with van der Waals surface area (Å²) in [6, 6.07) is 22.4. The van der Waals surface area contributed by atoms with Gasteiger partial charge in [0.25, 0.3) is 5.91 Å². The minimum absolute atomic E-state index is 0.353. The summed E-state index contributed by atoms with van der Waals surface area (Å²) in [6.45, 7) is 1.53. The number of anilines is 1. The van der Waals surface area contributed by atoms with Gasteiger partial charge in [-0.3, -0.25) is 10.1 Å². The Balaban J connectivity index is 1.28. The lowest BCUT2D eigenvalue weighted by molar-refractivity contribution is -0.123. The van der Waals surface area contributed by atoms with E-state index < -0.39 is 18.0 Å². The van der Waals surface area contributed by atoms with Crippen LogP contribution in [-0.2, 0) is 9.53 Å². The van der Waals surface area contributed by atoms with Crippen LogP contribution in [0.25, 0.3) is 32.0 Å². The molecule has 1 N–H and O–H groups in total. The number of benzene rings is 3. The number of nitrogens with zero attached hydrogens (tertiary/aromatic N) is 2. The highest BCUT2D eigenvalue weighted by Gasteiger charge is 2.23. The average molecular weight is 516 g/mol. The van der Waals surface area contributed by atoms with Crippen molar-refractivity contribution in [3.63, 3.8) is 0 Å². The van der Waals surface area contributed by atoms with Crippen LogP contribution in [0.5, 0.6) is 5.75 Å². The standard InChI is InChI=1S/C27H21N3O4S2/c1-16(24(31)30-27-29-22(15-35-27)17-8-7-9-18(14-17)33-2)34-26(32)20-11-4-3-10-19(20)25-28-21-12-5-6-13-23(21)36-25/h3-16H,1-2H3,(H,29,30,31). The molecule has 7 nitrogen and oxygen atoms in total. The maximum atomic E-state index is 13.0. The highest BCUT2D eigenvalue weighted by Crippen LogP contribution is 2.32. The zero-order valence-corrected chi connectivity index (χ0v) is 21.1. The summed E-state index contributed by atoms with van der Waals surface area (Å²) >= 11 is 2.79. The molecular weight excluding hydrogens is 494 g/mol. The zero-order chi connectivity index (χ0) is 25.1. The topological polar surface area (TPSA) is 90.4 Å². The van der Waals surface area contributed by atoms with Crippen molar-refractivity contribution in [2.45, 2.75) is 13.0 Å². The molecule has 0 aliphatic heterocycles. The number of aromatic nitrogens is 2. The summed E-state index contributed by atoms with van der Waals surface area (Å²) in [4.78, 5) is 34.9. The van der Waals surface area contributed by atoms with Crippen LogP contribution in [0.15, 0.2) is 78.2 Å². The predicted molar refractivity (Wildman–Crippen MR) is 143 cm³/mol. The van der Waals surface area contributed by atoms with E-state index in [1.54, 1.807) is 19.2 Å². The molecule has 9 heteroatoms. The van der Waals surface area contributed by atoms with Gasteiger partial charge < -0.3 is 9.47 Å². The van der Waals surface area contributed by atoms with E-state index in [4.69, 9.17) is 9.47 Å². The number of methoxy groups -OCH3 is 1. The fourth-order valence-electron chi connectivity index (χ4n) is 3.57. The van der Waals surface area contributed by atoms with Crippen LogP contribution >= 0.6 is 22.7 Å². The molecule has 0 radical (unpaired) electrons. The van der Waals surface area contributed by atoms with Crippen molar-refractivity contribution >= 4 is 49.9 Å². The van der Waals surface area contributed by atoms with E-state index in [2.05, 4.69) is 15.3 Å². The first-order valence-electron chi connectivity index (χ1n) is 11.1. The van der Waals surface area contributed by atoms with Crippen LogP contribution in [0, 0.1) is 0 Å².